The summed E-state index contributed by atoms with van der Waals surface area (Å²) in [6.45, 7) is 1.72. The number of nitrogens with zero attached hydrogens (tertiary/aromatic N) is 1. The van der Waals surface area contributed by atoms with Gasteiger partial charge in [-0.1, -0.05) is 41.9 Å². The first-order valence-corrected chi connectivity index (χ1v) is 10.7. The molecular weight excluding hydrogens is 458 g/mol. The maximum absolute atomic E-state index is 11.1. The van der Waals surface area contributed by atoms with Gasteiger partial charge in [-0.2, -0.15) is 0 Å². The van der Waals surface area contributed by atoms with Crippen LogP contribution in [-0.2, 0) is 0 Å². The van der Waals surface area contributed by atoms with Crippen LogP contribution in [0.25, 0.3) is 38.6 Å². The molecule has 1 aromatic heterocycles. The minimum atomic E-state index is -0.895. The third kappa shape index (κ3) is 2.84. The molecule has 0 fully saturated rings. The minimum Gasteiger partial charge on any atom is -0.505 e. The summed E-state index contributed by atoms with van der Waals surface area (Å²) in [5.41, 5.74) is 2.83. The van der Waals surface area contributed by atoms with Crippen LogP contribution in [0.15, 0.2) is 54.6 Å². The third-order valence-electron chi connectivity index (χ3n) is 6.08. The molecule has 4 aromatic carbocycles. The van der Waals surface area contributed by atoms with Gasteiger partial charge in [-0.3, -0.25) is 0 Å². The lowest BCUT2D eigenvalue weighted by atomic mass is 9.96. The number of hydrogen-bond acceptors (Lipinski definition) is 6. The van der Waals surface area contributed by atoms with Gasteiger partial charge in [0.05, 0.1) is 23.7 Å². The highest BCUT2D eigenvalue weighted by Crippen LogP contribution is 2.57. The van der Waals surface area contributed by atoms with Crippen LogP contribution in [0.1, 0.15) is 5.56 Å². The van der Waals surface area contributed by atoms with Crippen molar-refractivity contribution in [2.45, 2.75) is 6.92 Å². The standard InChI is InChI=1S/C26H20ClNO6/c1-12-16(27)11-15-18-14(19-22(30)23(31)24(32)25(33)26(19)34-2)9-6-10-17(18)28(20(15)21(12)29)13-7-4-3-5-8-13/h3-11,29-33H,1-2H3. The zero-order chi connectivity index (χ0) is 24.3. The first kappa shape index (κ1) is 21.6. The minimum absolute atomic E-state index is 0.00101. The molecule has 0 unspecified atom stereocenters. The number of rotatable bonds is 3. The van der Waals surface area contributed by atoms with Gasteiger partial charge in [0.1, 0.15) is 5.75 Å². The normalized spacial score (nSPS) is 11.4. The van der Waals surface area contributed by atoms with E-state index in [2.05, 4.69) is 0 Å². The fourth-order valence-electron chi connectivity index (χ4n) is 4.45. The Hall–Kier alpha value is -4.23. The van der Waals surface area contributed by atoms with E-state index in [-0.39, 0.29) is 17.1 Å². The summed E-state index contributed by atoms with van der Waals surface area (Å²) in [5, 5.41) is 54.1. The summed E-state index contributed by atoms with van der Waals surface area (Å²) in [6, 6.07) is 16.4. The fourth-order valence-corrected chi connectivity index (χ4v) is 4.65. The second-order valence-corrected chi connectivity index (χ2v) is 8.31. The molecule has 0 saturated heterocycles. The van der Waals surface area contributed by atoms with Crippen molar-refractivity contribution >= 4 is 33.4 Å². The highest BCUT2D eigenvalue weighted by Gasteiger charge is 2.28. The molecule has 0 saturated carbocycles. The fraction of sp³-hybridized carbons (Fsp3) is 0.0769. The van der Waals surface area contributed by atoms with Crippen LogP contribution < -0.4 is 4.74 Å². The number of aromatic hydroxyl groups is 5. The van der Waals surface area contributed by atoms with E-state index >= 15 is 0 Å². The number of methoxy groups -OCH3 is 1. The maximum Gasteiger partial charge on any atom is 0.208 e. The largest absolute Gasteiger partial charge is 0.505 e. The van der Waals surface area contributed by atoms with Gasteiger partial charge in [0.15, 0.2) is 11.5 Å². The molecule has 0 aliphatic rings. The Morgan fingerprint density at radius 2 is 1.47 bits per heavy atom. The number of hydrogen-bond donors (Lipinski definition) is 5. The number of benzene rings is 4. The number of ether oxygens (including phenoxy) is 1. The summed E-state index contributed by atoms with van der Waals surface area (Å²) < 4.78 is 7.17. The number of phenolic OH excluding ortho intramolecular Hbond substituents is 5. The van der Waals surface area contributed by atoms with Gasteiger partial charge in [0.25, 0.3) is 0 Å². The van der Waals surface area contributed by atoms with Crippen molar-refractivity contribution in [1.29, 1.82) is 0 Å². The zero-order valence-corrected chi connectivity index (χ0v) is 18.9. The second kappa shape index (κ2) is 7.67. The molecule has 8 heteroatoms. The number of phenols is 5. The zero-order valence-electron chi connectivity index (χ0n) is 18.2. The SMILES string of the molecule is COc1c(O)c(O)c(O)c(O)c1-c1cccc2c1c1cc(Cl)c(C)c(O)c1n2-c1ccccc1. The third-order valence-corrected chi connectivity index (χ3v) is 6.47. The highest BCUT2D eigenvalue weighted by molar-refractivity contribution is 6.33. The van der Waals surface area contributed by atoms with Gasteiger partial charge in [-0.05, 0) is 36.8 Å². The van der Waals surface area contributed by atoms with Crippen LogP contribution in [0, 0.1) is 6.92 Å². The average molecular weight is 478 g/mol. The van der Waals surface area contributed by atoms with E-state index in [1.807, 2.05) is 41.0 Å². The van der Waals surface area contributed by atoms with Crippen molar-refractivity contribution in [3.8, 4) is 51.3 Å². The van der Waals surface area contributed by atoms with Gasteiger partial charge < -0.3 is 34.8 Å². The molecular formula is C26H20ClNO6. The van der Waals surface area contributed by atoms with Crippen LogP contribution in [-0.4, -0.2) is 37.2 Å². The Bertz CT molecular complexity index is 1610. The van der Waals surface area contributed by atoms with Crippen molar-refractivity contribution in [3.63, 3.8) is 0 Å². The second-order valence-electron chi connectivity index (χ2n) is 7.90. The van der Waals surface area contributed by atoms with E-state index in [0.717, 1.165) is 5.69 Å². The maximum atomic E-state index is 11.1. The number of fused-ring (bicyclic) bond motifs is 3. The molecule has 34 heavy (non-hydrogen) atoms. The van der Waals surface area contributed by atoms with Crippen LogP contribution in [0.3, 0.4) is 0 Å². The van der Waals surface area contributed by atoms with Crippen molar-refractivity contribution in [3.05, 3.63) is 65.2 Å². The monoisotopic (exact) mass is 477 g/mol. The van der Waals surface area contributed by atoms with Crippen molar-refractivity contribution < 1.29 is 30.3 Å². The lowest BCUT2D eigenvalue weighted by Crippen LogP contribution is -1.95. The molecule has 172 valence electrons. The number of halogens is 1. The molecule has 0 atom stereocenters. The smallest absolute Gasteiger partial charge is 0.208 e. The molecule has 5 aromatic rings. The Morgan fingerprint density at radius 1 is 0.794 bits per heavy atom. The van der Waals surface area contributed by atoms with Crippen molar-refractivity contribution in [1.82, 2.24) is 4.57 Å². The summed E-state index contributed by atoms with van der Waals surface area (Å²) in [5.74, 6) is -3.37. The quantitative estimate of drug-likeness (QED) is 0.162. The van der Waals surface area contributed by atoms with Crippen molar-refractivity contribution in [2.24, 2.45) is 0 Å². The molecule has 0 radical (unpaired) electrons. The van der Waals surface area contributed by atoms with Crippen LogP contribution in [0.2, 0.25) is 5.02 Å². The molecule has 7 nitrogen and oxygen atoms in total. The number of aromatic nitrogens is 1. The predicted octanol–water partition coefficient (Wildman–Crippen LogP) is 5.95. The predicted molar refractivity (Wildman–Crippen MR) is 131 cm³/mol. The summed E-state index contributed by atoms with van der Waals surface area (Å²) in [6.07, 6.45) is 0. The lowest BCUT2D eigenvalue weighted by molar-refractivity contribution is 0.323. The van der Waals surface area contributed by atoms with Crippen molar-refractivity contribution in [2.75, 3.05) is 7.11 Å². The van der Waals surface area contributed by atoms with E-state index in [9.17, 15) is 25.5 Å². The lowest BCUT2D eigenvalue weighted by Gasteiger charge is -2.16. The molecule has 5 rings (SSSR count). The van der Waals surface area contributed by atoms with Gasteiger partial charge in [0.2, 0.25) is 17.2 Å². The van der Waals surface area contributed by atoms with E-state index in [4.69, 9.17) is 16.3 Å². The van der Waals surface area contributed by atoms with Crippen LogP contribution >= 0.6 is 11.6 Å². The molecule has 0 aliphatic carbocycles. The summed E-state index contributed by atoms with van der Waals surface area (Å²) in [4.78, 5) is 0. The molecule has 5 N–H and O–H groups in total. The van der Waals surface area contributed by atoms with E-state index < -0.39 is 23.0 Å². The van der Waals surface area contributed by atoms with Gasteiger partial charge in [-0.25, -0.2) is 0 Å². The Labute approximate surface area is 198 Å². The molecule has 0 bridgehead atoms. The first-order valence-electron chi connectivity index (χ1n) is 10.3. The van der Waals surface area contributed by atoms with E-state index in [1.54, 1.807) is 25.1 Å². The van der Waals surface area contributed by atoms with E-state index in [0.29, 0.717) is 38.0 Å². The Morgan fingerprint density at radius 3 is 2.15 bits per heavy atom. The molecule has 0 spiro atoms. The Balaban J connectivity index is 2.05. The number of para-hydroxylation sites is 1. The highest BCUT2D eigenvalue weighted by atomic mass is 35.5. The van der Waals surface area contributed by atoms with Crippen LogP contribution in [0.4, 0.5) is 0 Å². The summed E-state index contributed by atoms with van der Waals surface area (Å²) >= 11 is 6.45. The van der Waals surface area contributed by atoms with Gasteiger partial charge in [-0.15, -0.1) is 0 Å². The average Bonchev–Trinajstić information content (AvgIpc) is 3.18. The van der Waals surface area contributed by atoms with Gasteiger partial charge >= 0.3 is 0 Å². The molecule has 1 heterocycles. The summed E-state index contributed by atoms with van der Waals surface area (Å²) in [7, 11) is 1.27. The topological polar surface area (TPSA) is 115 Å². The molecule has 0 amide bonds. The first-order chi connectivity index (χ1) is 16.3. The Kier molecular flexibility index (Phi) is 4.88. The van der Waals surface area contributed by atoms with Crippen LogP contribution in [0.5, 0.6) is 34.5 Å². The molecule has 0 aliphatic heterocycles. The van der Waals surface area contributed by atoms with E-state index in [1.165, 1.54) is 7.11 Å². The van der Waals surface area contributed by atoms with Gasteiger partial charge in [0, 0.05) is 27.0 Å².